The van der Waals surface area contributed by atoms with Crippen molar-refractivity contribution in [3.05, 3.63) is 0 Å². The zero-order chi connectivity index (χ0) is 32.7. The van der Waals surface area contributed by atoms with Gasteiger partial charge in [0.05, 0.1) is 36.6 Å². The Labute approximate surface area is 244 Å². The normalized spacial score (nSPS) is 20.9. The van der Waals surface area contributed by atoms with Crippen LogP contribution in [0.2, 0.25) is 0 Å². The molecule has 1 heterocycles. The average molecular weight is 600 g/mol. The number of Topliss-reactive ketones (excluding diaryl/α,β-unsaturated/α-hetero) is 3. The molecule has 1 rings (SSSR count). The Morgan fingerprint density at radius 2 is 1.43 bits per heavy atom. The Morgan fingerprint density at radius 3 is 1.79 bits per heavy atom. The molecule has 0 saturated carbocycles. The van der Waals surface area contributed by atoms with Crippen molar-refractivity contribution in [2.75, 3.05) is 13.1 Å². The van der Waals surface area contributed by atoms with Crippen molar-refractivity contribution in [2.45, 2.75) is 95.5 Å². The maximum absolute atomic E-state index is 14.7. The second-order valence-corrected chi connectivity index (χ2v) is 11.1. The number of carboxylic acids is 2. The van der Waals surface area contributed by atoms with Gasteiger partial charge in [0.15, 0.2) is 17.3 Å². The molecule has 16 nitrogen and oxygen atoms in total. The second kappa shape index (κ2) is 14.8. The number of carboxylic acid groups (broad SMARTS) is 2. The van der Waals surface area contributed by atoms with Crippen LogP contribution < -0.4 is 34.0 Å². The molecule has 0 aromatic rings. The van der Waals surface area contributed by atoms with Crippen molar-refractivity contribution in [1.29, 1.82) is 0 Å². The first-order valence-corrected chi connectivity index (χ1v) is 13.8. The van der Waals surface area contributed by atoms with E-state index in [9.17, 15) is 43.8 Å². The van der Waals surface area contributed by atoms with Crippen LogP contribution in [0.5, 0.6) is 0 Å². The van der Waals surface area contributed by atoms with Gasteiger partial charge in [-0.1, -0.05) is 13.8 Å². The van der Waals surface area contributed by atoms with Crippen molar-refractivity contribution >= 4 is 41.1 Å². The van der Waals surface area contributed by atoms with Crippen LogP contribution in [0.4, 0.5) is 0 Å². The van der Waals surface area contributed by atoms with Crippen LogP contribution >= 0.6 is 0 Å². The number of aliphatic carboxylic acids is 2. The van der Waals surface area contributed by atoms with Gasteiger partial charge in [-0.05, 0) is 58.5 Å². The van der Waals surface area contributed by atoms with Crippen LogP contribution in [-0.2, 0) is 33.6 Å². The van der Waals surface area contributed by atoms with Crippen molar-refractivity contribution in [3.8, 4) is 0 Å². The summed E-state index contributed by atoms with van der Waals surface area (Å²) in [5.41, 5.74) is 22.8. The van der Waals surface area contributed by atoms with Crippen LogP contribution in [0, 0.1) is 11.3 Å². The monoisotopic (exact) mass is 599 g/mol. The third kappa shape index (κ3) is 6.74. The van der Waals surface area contributed by atoms with Gasteiger partial charge in [0.1, 0.15) is 5.41 Å². The molecule has 42 heavy (non-hydrogen) atoms. The highest BCUT2D eigenvalue weighted by atomic mass is 16.4. The molecule has 1 saturated heterocycles. The molecule has 16 heteroatoms. The lowest BCUT2D eigenvalue weighted by atomic mass is 9.54. The first kappa shape index (κ1) is 36.9. The van der Waals surface area contributed by atoms with Gasteiger partial charge < -0.3 is 44.2 Å². The zero-order valence-corrected chi connectivity index (χ0v) is 24.5. The molecule has 0 radical (unpaired) electrons. The lowest BCUT2D eigenvalue weighted by molar-refractivity contribution is -0.188. The Morgan fingerprint density at radius 1 is 0.905 bits per heavy atom. The highest BCUT2D eigenvalue weighted by molar-refractivity contribution is 6.28. The molecule has 0 spiro atoms. The first-order chi connectivity index (χ1) is 19.4. The fourth-order valence-corrected chi connectivity index (χ4v) is 5.36. The SMILES string of the molecule is CC(N)C(=O)N(C(=O)C(C)N)C(C(=O)O)(C(=O)C(N)CC(=O)O)C(CCCN)(C(=O)C1CCCN1)C(=O)C(N)C(C)C. The highest BCUT2D eigenvalue weighted by Gasteiger charge is 2.75. The van der Waals surface area contributed by atoms with E-state index in [0.29, 0.717) is 13.0 Å². The summed E-state index contributed by atoms with van der Waals surface area (Å²) < 4.78 is 0. The topological polar surface area (TPSA) is 305 Å². The Balaban J connectivity index is 4.67. The summed E-state index contributed by atoms with van der Waals surface area (Å²) >= 11 is 0. The fourth-order valence-electron chi connectivity index (χ4n) is 5.36. The summed E-state index contributed by atoms with van der Waals surface area (Å²) in [4.78, 5) is 96.5. The number of nitrogens with zero attached hydrogens (tertiary/aromatic N) is 1. The Kier molecular flexibility index (Phi) is 13.0. The van der Waals surface area contributed by atoms with Gasteiger partial charge in [-0.25, -0.2) is 4.79 Å². The predicted octanol–water partition coefficient (Wildman–Crippen LogP) is -3.17. The van der Waals surface area contributed by atoms with Crippen LogP contribution in [0.1, 0.15) is 59.8 Å². The van der Waals surface area contributed by atoms with E-state index in [2.05, 4.69) is 5.32 Å². The van der Waals surface area contributed by atoms with E-state index < -0.39 is 101 Å². The van der Waals surface area contributed by atoms with Crippen LogP contribution in [0.3, 0.4) is 0 Å². The summed E-state index contributed by atoms with van der Waals surface area (Å²) in [6.07, 6.45) is -1.64. The highest BCUT2D eigenvalue weighted by Crippen LogP contribution is 2.47. The zero-order valence-electron chi connectivity index (χ0n) is 24.5. The quantitative estimate of drug-likeness (QED) is 0.0764. The second-order valence-electron chi connectivity index (χ2n) is 11.1. The van der Waals surface area contributed by atoms with E-state index >= 15 is 0 Å². The lowest BCUT2D eigenvalue weighted by Crippen LogP contribution is -2.81. The Bertz CT molecular complexity index is 1040. The van der Waals surface area contributed by atoms with E-state index in [4.69, 9.17) is 28.7 Å². The summed E-state index contributed by atoms with van der Waals surface area (Å²) in [6.45, 7) is 5.26. The molecule has 1 fully saturated rings. The number of hydrogen-bond acceptors (Lipinski definition) is 13. The molecule has 0 aliphatic carbocycles. The number of rotatable bonds is 17. The molecule has 7 unspecified atom stereocenters. The molecule has 238 valence electrons. The third-order valence-electron chi connectivity index (χ3n) is 7.57. The number of hydrogen-bond donors (Lipinski definition) is 8. The molecule has 0 aromatic heterocycles. The van der Waals surface area contributed by atoms with E-state index in [1.807, 2.05) is 0 Å². The summed E-state index contributed by atoms with van der Waals surface area (Å²) in [6, 6.07) is -8.32. The third-order valence-corrected chi connectivity index (χ3v) is 7.57. The molecular formula is C26H45N7O9. The number of carbonyl (C=O) groups excluding carboxylic acids is 5. The van der Waals surface area contributed by atoms with E-state index in [1.54, 1.807) is 0 Å². The number of nitrogens with one attached hydrogen (secondary N) is 1. The molecular weight excluding hydrogens is 554 g/mol. The molecule has 0 bridgehead atoms. The van der Waals surface area contributed by atoms with Crippen LogP contribution in [0.15, 0.2) is 0 Å². The van der Waals surface area contributed by atoms with E-state index in [-0.39, 0.29) is 24.3 Å². The number of ketones is 3. The van der Waals surface area contributed by atoms with Crippen molar-refractivity contribution in [1.82, 2.24) is 10.2 Å². The summed E-state index contributed by atoms with van der Waals surface area (Å²) in [7, 11) is 0. The lowest BCUT2D eigenvalue weighted by Gasteiger charge is -2.52. The first-order valence-electron chi connectivity index (χ1n) is 13.8. The number of imide groups is 1. The van der Waals surface area contributed by atoms with Gasteiger partial charge in [0.25, 0.3) is 0 Å². The van der Waals surface area contributed by atoms with E-state index in [1.165, 1.54) is 13.8 Å². The molecule has 2 amide bonds. The van der Waals surface area contributed by atoms with Gasteiger partial charge in [-0.15, -0.1) is 0 Å². The van der Waals surface area contributed by atoms with E-state index in [0.717, 1.165) is 13.8 Å². The molecule has 13 N–H and O–H groups in total. The van der Waals surface area contributed by atoms with Crippen LogP contribution in [-0.4, -0.2) is 105 Å². The minimum absolute atomic E-state index is 0.0664. The molecule has 1 aliphatic heterocycles. The standard InChI is InChI=1S/C26H45N7O9/c1-12(2)18(31)21(38)25(8-6-9-27,20(37)16-7-5-10-32-16)26(24(41)42,19(36)15(30)11-17(34)35)33(22(39)13(3)28)23(40)14(4)29/h12-16,18,32H,5-11,27-31H2,1-4H3,(H,34,35)(H,41,42). The predicted molar refractivity (Wildman–Crippen MR) is 149 cm³/mol. The minimum atomic E-state index is -3.74. The molecule has 7 atom stereocenters. The van der Waals surface area contributed by atoms with Gasteiger partial charge in [-0.3, -0.25) is 33.7 Å². The smallest absolute Gasteiger partial charge is 0.339 e. The average Bonchev–Trinajstić information content (AvgIpc) is 3.45. The molecule has 1 aliphatic rings. The van der Waals surface area contributed by atoms with Gasteiger partial charge in [0, 0.05) is 0 Å². The maximum Gasteiger partial charge on any atom is 0.339 e. The maximum atomic E-state index is 14.7. The van der Waals surface area contributed by atoms with Crippen LogP contribution in [0.25, 0.3) is 0 Å². The van der Waals surface area contributed by atoms with Gasteiger partial charge in [-0.2, -0.15) is 0 Å². The number of carbonyl (C=O) groups is 7. The summed E-state index contributed by atoms with van der Waals surface area (Å²) in [5.74, 6) is -11.7. The largest absolute Gasteiger partial charge is 0.481 e. The number of nitrogens with two attached hydrogens (primary N) is 5. The fraction of sp³-hybridized carbons (Fsp3) is 0.731. The number of amides is 2. The van der Waals surface area contributed by atoms with Crippen molar-refractivity contribution in [2.24, 2.45) is 40.0 Å². The summed E-state index contributed by atoms with van der Waals surface area (Å²) in [5, 5.41) is 23.3. The van der Waals surface area contributed by atoms with Crippen molar-refractivity contribution < 1.29 is 43.8 Å². The van der Waals surface area contributed by atoms with Gasteiger partial charge in [0.2, 0.25) is 17.4 Å². The minimum Gasteiger partial charge on any atom is -0.481 e. The van der Waals surface area contributed by atoms with Gasteiger partial charge >= 0.3 is 11.9 Å². The van der Waals surface area contributed by atoms with Crippen molar-refractivity contribution in [3.63, 3.8) is 0 Å². The Hall–Kier alpha value is -3.15. The molecule has 0 aromatic carbocycles.